The first-order chi connectivity index (χ1) is 10.6. The van der Waals surface area contributed by atoms with E-state index >= 15 is 0 Å². The van der Waals surface area contributed by atoms with Crippen LogP contribution in [0.4, 0.5) is 5.69 Å². The predicted octanol–water partition coefficient (Wildman–Crippen LogP) is 2.07. The summed E-state index contributed by atoms with van der Waals surface area (Å²) in [5, 5.41) is 13.7. The third-order valence-corrected chi connectivity index (χ3v) is 2.87. The van der Waals surface area contributed by atoms with Gasteiger partial charge in [-0.25, -0.2) is 0 Å². The van der Waals surface area contributed by atoms with E-state index in [1.54, 1.807) is 13.0 Å². The lowest BCUT2D eigenvalue weighted by Crippen LogP contribution is -2.28. The van der Waals surface area contributed by atoms with Gasteiger partial charge in [-0.3, -0.25) is 4.79 Å². The fourth-order valence-electron chi connectivity index (χ4n) is 1.87. The van der Waals surface area contributed by atoms with Crippen molar-refractivity contribution in [3.63, 3.8) is 0 Å². The maximum Gasteiger partial charge on any atom is 0.257 e. The molecule has 0 unspecified atom stereocenters. The maximum atomic E-state index is 11.4. The summed E-state index contributed by atoms with van der Waals surface area (Å²) in [6.45, 7) is 6.12. The van der Waals surface area contributed by atoms with Gasteiger partial charge in [-0.2, -0.15) is 0 Å². The molecule has 0 aliphatic rings. The molecule has 1 aromatic heterocycles. The van der Waals surface area contributed by atoms with Crippen LogP contribution >= 0.6 is 0 Å². The number of carbonyl (C=O) groups excluding carboxylic acids is 1. The summed E-state index contributed by atoms with van der Waals surface area (Å²) in [5.74, 6) is 1.52. The van der Waals surface area contributed by atoms with Gasteiger partial charge >= 0.3 is 0 Å². The van der Waals surface area contributed by atoms with E-state index in [1.807, 2.05) is 32.0 Å². The maximum absolute atomic E-state index is 11.4. The summed E-state index contributed by atoms with van der Waals surface area (Å²) in [7, 11) is 0. The number of carbonyl (C=O) groups is 1. The number of amides is 1. The van der Waals surface area contributed by atoms with E-state index in [0.29, 0.717) is 24.1 Å². The lowest BCUT2D eigenvalue weighted by Gasteiger charge is -2.13. The molecule has 0 radical (unpaired) electrons. The van der Waals surface area contributed by atoms with E-state index in [9.17, 15) is 4.79 Å². The smallest absolute Gasteiger partial charge is 0.257 e. The van der Waals surface area contributed by atoms with E-state index in [2.05, 4.69) is 20.8 Å². The predicted molar refractivity (Wildman–Crippen MR) is 81.7 cm³/mol. The topological polar surface area (TPSA) is 89.3 Å². The molecule has 22 heavy (non-hydrogen) atoms. The average molecular weight is 304 g/mol. The van der Waals surface area contributed by atoms with Gasteiger partial charge in [0, 0.05) is 25.2 Å². The molecule has 1 aromatic carbocycles. The fourth-order valence-corrected chi connectivity index (χ4v) is 1.87. The Morgan fingerprint density at radius 2 is 2.23 bits per heavy atom. The van der Waals surface area contributed by atoms with Crippen molar-refractivity contribution in [1.82, 2.24) is 15.5 Å². The Morgan fingerprint density at radius 3 is 2.91 bits per heavy atom. The molecule has 2 rings (SSSR count). The van der Waals surface area contributed by atoms with Gasteiger partial charge in [0.15, 0.2) is 6.61 Å². The number of aryl methyl sites for hydroxylation is 1. The Hall–Kier alpha value is -2.57. The van der Waals surface area contributed by atoms with E-state index in [4.69, 9.17) is 9.15 Å². The standard InChI is InChI=1S/C15H20N4O3/c1-4-16-14(20)9-21-13-7-5-6-12(8-13)17-10(2)15-19-18-11(3)22-15/h5-8,10,17H,4,9H2,1-3H3,(H,16,20)/t10-/m0/s1. The molecule has 2 N–H and O–H groups in total. The van der Waals surface area contributed by atoms with Crippen LogP contribution in [-0.4, -0.2) is 29.3 Å². The number of ether oxygens (including phenoxy) is 1. The lowest BCUT2D eigenvalue weighted by atomic mass is 10.2. The molecule has 2 aromatic rings. The Kier molecular flexibility index (Phi) is 5.35. The largest absolute Gasteiger partial charge is 0.484 e. The van der Waals surface area contributed by atoms with Crippen LogP contribution in [0.1, 0.15) is 31.7 Å². The molecular formula is C15H20N4O3. The van der Waals surface area contributed by atoms with E-state index < -0.39 is 0 Å². The number of benzene rings is 1. The van der Waals surface area contributed by atoms with Crippen molar-refractivity contribution in [2.45, 2.75) is 26.8 Å². The summed E-state index contributed by atoms with van der Waals surface area (Å²) in [6.07, 6.45) is 0. The minimum atomic E-state index is -0.143. The number of nitrogens with zero attached hydrogens (tertiary/aromatic N) is 2. The van der Waals surface area contributed by atoms with Crippen LogP contribution in [-0.2, 0) is 4.79 Å². The summed E-state index contributed by atoms with van der Waals surface area (Å²) in [6, 6.07) is 7.24. The number of aromatic nitrogens is 2. The lowest BCUT2D eigenvalue weighted by molar-refractivity contribution is -0.122. The fraction of sp³-hybridized carbons (Fsp3) is 0.400. The third kappa shape index (κ3) is 4.47. The highest BCUT2D eigenvalue weighted by Crippen LogP contribution is 2.22. The number of anilines is 1. The number of rotatable bonds is 7. The van der Waals surface area contributed by atoms with Crippen molar-refractivity contribution in [1.29, 1.82) is 0 Å². The molecule has 0 bridgehead atoms. The molecule has 0 aliphatic heterocycles. The van der Waals surface area contributed by atoms with Crippen LogP contribution in [0.25, 0.3) is 0 Å². The van der Waals surface area contributed by atoms with Gasteiger partial charge in [0.05, 0.1) is 0 Å². The van der Waals surface area contributed by atoms with Crippen LogP contribution in [0.5, 0.6) is 5.75 Å². The Morgan fingerprint density at radius 1 is 1.41 bits per heavy atom. The Bertz CT molecular complexity index is 627. The monoisotopic (exact) mass is 304 g/mol. The van der Waals surface area contributed by atoms with Crippen molar-refractivity contribution < 1.29 is 13.9 Å². The molecule has 1 heterocycles. The number of likely N-dealkylation sites (N-methyl/N-ethyl adjacent to an activating group) is 1. The quantitative estimate of drug-likeness (QED) is 0.814. The summed E-state index contributed by atoms with van der Waals surface area (Å²) in [4.78, 5) is 11.4. The SMILES string of the molecule is CCNC(=O)COc1cccc(N[C@@H](C)c2nnc(C)o2)c1. The van der Waals surface area contributed by atoms with Crippen LogP contribution in [0.3, 0.4) is 0 Å². The van der Waals surface area contributed by atoms with E-state index in [1.165, 1.54) is 0 Å². The molecule has 0 saturated carbocycles. The normalized spacial score (nSPS) is 11.8. The Labute approximate surface area is 129 Å². The average Bonchev–Trinajstić information content (AvgIpc) is 2.93. The minimum Gasteiger partial charge on any atom is -0.484 e. The van der Waals surface area contributed by atoms with Gasteiger partial charge in [-0.05, 0) is 26.0 Å². The molecular weight excluding hydrogens is 284 g/mol. The van der Waals surface area contributed by atoms with Crippen molar-refractivity contribution >= 4 is 11.6 Å². The number of hydrogen-bond acceptors (Lipinski definition) is 6. The van der Waals surface area contributed by atoms with Gasteiger partial charge in [0.1, 0.15) is 11.8 Å². The van der Waals surface area contributed by atoms with Crippen molar-refractivity contribution in [3.8, 4) is 5.75 Å². The van der Waals surface area contributed by atoms with Gasteiger partial charge < -0.3 is 19.8 Å². The second kappa shape index (κ2) is 7.44. The van der Waals surface area contributed by atoms with Crippen LogP contribution < -0.4 is 15.4 Å². The van der Waals surface area contributed by atoms with Crippen molar-refractivity contribution in [2.24, 2.45) is 0 Å². The summed E-state index contributed by atoms with van der Waals surface area (Å²) >= 11 is 0. The van der Waals surface area contributed by atoms with Gasteiger partial charge in [0.2, 0.25) is 11.8 Å². The second-order valence-electron chi connectivity index (χ2n) is 4.80. The summed E-state index contributed by atoms with van der Waals surface area (Å²) in [5.41, 5.74) is 0.844. The molecule has 1 atom stereocenters. The first kappa shape index (κ1) is 15.8. The van der Waals surface area contributed by atoms with Crippen LogP contribution in [0.2, 0.25) is 0 Å². The molecule has 1 amide bonds. The van der Waals surface area contributed by atoms with Gasteiger partial charge in [0.25, 0.3) is 5.91 Å². The van der Waals surface area contributed by atoms with Gasteiger partial charge in [-0.15, -0.1) is 10.2 Å². The zero-order chi connectivity index (χ0) is 15.9. The highest BCUT2D eigenvalue weighted by atomic mass is 16.5. The molecule has 0 fully saturated rings. The number of nitrogens with one attached hydrogen (secondary N) is 2. The van der Waals surface area contributed by atoms with Gasteiger partial charge in [-0.1, -0.05) is 6.07 Å². The van der Waals surface area contributed by atoms with Crippen molar-refractivity contribution in [3.05, 3.63) is 36.0 Å². The van der Waals surface area contributed by atoms with Crippen LogP contribution in [0.15, 0.2) is 28.7 Å². The molecule has 7 heteroatoms. The summed E-state index contributed by atoms with van der Waals surface area (Å²) < 4.78 is 10.8. The highest BCUT2D eigenvalue weighted by molar-refractivity contribution is 5.77. The molecule has 0 aliphatic carbocycles. The Balaban J connectivity index is 1.94. The first-order valence-electron chi connectivity index (χ1n) is 7.14. The second-order valence-corrected chi connectivity index (χ2v) is 4.80. The van der Waals surface area contributed by atoms with Crippen LogP contribution in [0, 0.1) is 6.92 Å². The molecule has 0 saturated heterocycles. The molecule has 7 nitrogen and oxygen atoms in total. The zero-order valence-electron chi connectivity index (χ0n) is 12.9. The van der Waals surface area contributed by atoms with Crippen molar-refractivity contribution in [2.75, 3.05) is 18.5 Å². The number of hydrogen-bond donors (Lipinski definition) is 2. The molecule has 0 spiro atoms. The minimum absolute atomic E-state index is 0.00426. The first-order valence-corrected chi connectivity index (χ1v) is 7.14. The molecule has 118 valence electrons. The van der Waals surface area contributed by atoms with E-state index in [-0.39, 0.29) is 18.6 Å². The zero-order valence-corrected chi connectivity index (χ0v) is 12.9. The third-order valence-electron chi connectivity index (χ3n) is 2.87. The van der Waals surface area contributed by atoms with E-state index in [0.717, 1.165) is 5.69 Å². The highest BCUT2D eigenvalue weighted by Gasteiger charge is 2.12.